The molecule has 0 aromatic heterocycles. The first kappa shape index (κ1) is 26.9. The third-order valence-corrected chi connectivity index (χ3v) is 7.63. The molecule has 1 unspecified atom stereocenters. The van der Waals surface area contributed by atoms with Crippen LogP contribution in [0.4, 0.5) is 0 Å². The van der Waals surface area contributed by atoms with Crippen molar-refractivity contribution in [1.29, 1.82) is 0 Å². The Morgan fingerprint density at radius 1 is 0.605 bits per heavy atom. The quantitative estimate of drug-likeness (QED) is 0.154. The molecule has 0 spiro atoms. The minimum atomic E-state index is -0.476. The van der Waals surface area contributed by atoms with E-state index in [1.54, 1.807) is 24.3 Å². The van der Waals surface area contributed by atoms with E-state index >= 15 is 0 Å². The van der Waals surface area contributed by atoms with Crippen LogP contribution in [-0.2, 0) is 10.2 Å². The van der Waals surface area contributed by atoms with Crippen LogP contribution >= 0.6 is 0 Å². The summed E-state index contributed by atoms with van der Waals surface area (Å²) in [5.41, 5.74) is 9.45. The normalized spacial score (nSPS) is 12.5. The van der Waals surface area contributed by atoms with Gasteiger partial charge in [-0.3, -0.25) is 0 Å². The average Bonchev–Trinajstić information content (AvgIpc) is 2.92. The maximum absolute atomic E-state index is 13.0. The summed E-state index contributed by atoms with van der Waals surface area (Å²) in [7, 11) is 1.32. The molecule has 0 saturated heterocycles. The van der Waals surface area contributed by atoms with Crippen molar-refractivity contribution in [2.75, 3.05) is 7.11 Å². The van der Waals surface area contributed by atoms with Crippen LogP contribution in [-0.4, -0.2) is 19.0 Å². The van der Waals surface area contributed by atoms with Crippen LogP contribution in [0.3, 0.4) is 0 Å². The first-order chi connectivity index (χ1) is 18.1. The zero-order valence-electron chi connectivity index (χ0n) is 23.1. The molecule has 4 heteroatoms. The molecule has 38 heavy (non-hydrogen) atoms. The first-order valence-corrected chi connectivity index (χ1v) is 12.7. The van der Waals surface area contributed by atoms with Gasteiger partial charge in [0.2, 0.25) is 0 Å². The monoisotopic (exact) mass is 506 g/mol. The molecule has 0 aliphatic heterocycles. The largest absolute Gasteiger partial charge is 0.465 e. The molecule has 194 valence electrons. The van der Waals surface area contributed by atoms with Crippen molar-refractivity contribution in [3.63, 3.8) is 0 Å². The van der Waals surface area contributed by atoms with E-state index in [2.05, 4.69) is 76.2 Å². The molecule has 0 saturated carbocycles. The van der Waals surface area contributed by atoms with Gasteiger partial charge in [-0.1, -0.05) is 54.6 Å². The van der Waals surface area contributed by atoms with Crippen LogP contribution in [0.5, 0.6) is 5.75 Å². The Balaban J connectivity index is 1.75. The Bertz CT molecular complexity index is 1450. The molecule has 0 amide bonds. The summed E-state index contributed by atoms with van der Waals surface area (Å²) in [5, 5.41) is 0. The molecule has 0 aliphatic carbocycles. The van der Waals surface area contributed by atoms with E-state index in [0.717, 1.165) is 16.7 Å². The van der Waals surface area contributed by atoms with Crippen molar-refractivity contribution in [2.45, 2.75) is 47.0 Å². The second-order valence-corrected chi connectivity index (χ2v) is 10.1. The number of carbonyl (C=O) groups excluding carboxylic acids is 2. The lowest BCUT2D eigenvalue weighted by atomic mass is 9.69. The van der Waals surface area contributed by atoms with Crippen LogP contribution in [0.25, 0.3) is 0 Å². The van der Waals surface area contributed by atoms with Gasteiger partial charge in [0, 0.05) is 5.41 Å². The summed E-state index contributed by atoms with van der Waals surface area (Å²) < 4.78 is 10.6. The number of hydrogen-bond acceptors (Lipinski definition) is 4. The molecule has 4 rings (SSSR count). The van der Waals surface area contributed by atoms with Crippen molar-refractivity contribution in [2.24, 2.45) is 0 Å². The maximum Gasteiger partial charge on any atom is 0.343 e. The van der Waals surface area contributed by atoms with E-state index in [1.165, 1.54) is 34.9 Å². The number of hydrogen-bond donors (Lipinski definition) is 0. The van der Waals surface area contributed by atoms with Crippen LogP contribution < -0.4 is 4.74 Å². The molecule has 4 aromatic rings. The Morgan fingerprint density at radius 2 is 1.05 bits per heavy atom. The summed E-state index contributed by atoms with van der Waals surface area (Å²) >= 11 is 0. The van der Waals surface area contributed by atoms with Crippen LogP contribution in [0, 0.1) is 34.6 Å². The van der Waals surface area contributed by atoms with Gasteiger partial charge < -0.3 is 9.47 Å². The van der Waals surface area contributed by atoms with Crippen molar-refractivity contribution < 1.29 is 19.1 Å². The molecule has 0 N–H and O–H groups in total. The van der Waals surface area contributed by atoms with Gasteiger partial charge in [-0.2, -0.15) is 0 Å². The smallest absolute Gasteiger partial charge is 0.343 e. The number of benzene rings is 4. The van der Waals surface area contributed by atoms with Crippen LogP contribution in [0.15, 0.2) is 78.9 Å². The summed E-state index contributed by atoms with van der Waals surface area (Å²) in [6.07, 6.45) is 0. The van der Waals surface area contributed by atoms with Gasteiger partial charge in [0.15, 0.2) is 0 Å². The lowest BCUT2D eigenvalue weighted by molar-refractivity contribution is 0.0599. The molecule has 1 atom stereocenters. The van der Waals surface area contributed by atoms with Gasteiger partial charge in [-0.15, -0.1) is 0 Å². The Morgan fingerprint density at radius 3 is 1.53 bits per heavy atom. The van der Waals surface area contributed by atoms with Gasteiger partial charge in [-0.05, 0) is 110 Å². The van der Waals surface area contributed by atoms with Crippen molar-refractivity contribution in [3.8, 4) is 5.75 Å². The SMILES string of the molecule is COC(=O)c1ccc(C(=O)Oc2c(C)cc(C(C)(c3ccccc3)c3cc(C)c(C)c(C)c3)cc2C)cc1. The molecule has 4 aromatic carbocycles. The number of rotatable bonds is 6. The maximum atomic E-state index is 13.0. The van der Waals surface area contributed by atoms with Crippen LogP contribution in [0.2, 0.25) is 0 Å². The average molecular weight is 507 g/mol. The van der Waals surface area contributed by atoms with Crippen molar-refractivity contribution in [1.82, 2.24) is 0 Å². The predicted molar refractivity (Wildman–Crippen MR) is 151 cm³/mol. The van der Waals surface area contributed by atoms with E-state index in [-0.39, 0.29) is 0 Å². The highest BCUT2D eigenvalue weighted by Gasteiger charge is 2.33. The molecular formula is C34H34O4. The predicted octanol–water partition coefficient (Wildman–Crippen LogP) is 7.59. The Hall–Kier alpha value is -4.18. The summed E-state index contributed by atoms with van der Waals surface area (Å²) in [4.78, 5) is 24.7. The Kier molecular flexibility index (Phi) is 7.54. The van der Waals surface area contributed by atoms with E-state index in [0.29, 0.717) is 16.9 Å². The van der Waals surface area contributed by atoms with E-state index in [1.807, 2.05) is 19.9 Å². The third-order valence-electron chi connectivity index (χ3n) is 7.63. The zero-order chi connectivity index (χ0) is 27.6. The fourth-order valence-electron chi connectivity index (χ4n) is 5.01. The second-order valence-electron chi connectivity index (χ2n) is 10.1. The highest BCUT2D eigenvalue weighted by atomic mass is 16.5. The number of carbonyl (C=O) groups is 2. The van der Waals surface area contributed by atoms with E-state index < -0.39 is 17.4 Å². The molecular weight excluding hydrogens is 472 g/mol. The van der Waals surface area contributed by atoms with E-state index in [4.69, 9.17) is 9.47 Å². The van der Waals surface area contributed by atoms with Crippen molar-refractivity contribution >= 4 is 11.9 Å². The second kappa shape index (κ2) is 10.7. The summed E-state index contributed by atoms with van der Waals surface area (Å²) in [5.74, 6) is -0.383. The van der Waals surface area contributed by atoms with Gasteiger partial charge in [0.25, 0.3) is 0 Å². The van der Waals surface area contributed by atoms with E-state index in [9.17, 15) is 9.59 Å². The minimum Gasteiger partial charge on any atom is -0.465 e. The third kappa shape index (κ3) is 4.99. The highest BCUT2D eigenvalue weighted by molar-refractivity contribution is 5.94. The van der Waals surface area contributed by atoms with Gasteiger partial charge in [0.05, 0.1) is 18.2 Å². The summed E-state index contributed by atoms with van der Waals surface area (Å²) in [6, 6.07) is 25.6. The number of aryl methyl sites for hydroxylation is 4. The lowest BCUT2D eigenvalue weighted by Gasteiger charge is -2.34. The zero-order valence-corrected chi connectivity index (χ0v) is 23.1. The minimum absolute atomic E-state index is 0.361. The molecule has 0 aliphatic rings. The topological polar surface area (TPSA) is 52.6 Å². The fraction of sp³-hybridized carbons (Fsp3) is 0.235. The van der Waals surface area contributed by atoms with Crippen molar-refractivity contribution in [3.05, 3.63) is 134 Å². The molecule has 0 bridgehead atoms. The highest BCUT2D eigenvalue weighted by Crippen LogP contribution is 2.42. The molecule has 0 fully saturated rings. The molecule has 0 radical (unpaired) electrons. The molecule has 4 nitrogen and oxygen atoms in total. The lowest BCUT2D eigenvalue weighted by Crippen LogP contribution is -2.26. The first-order valence-electron chi connectivity index (χ1n) is 12.7. The van der Waals surface area contributed by atoms with Gasteiger partial charge in [-0.25, -0.2) is 9.59 Å². The number of esters is 2. The van der Waals surface area contributed by atoms with Crippen LogP contribution in [0.1, 0.15) is 72.1 Å². The van der Waals surface area contributed by atoms with Gasteiger partial charge in [0.1, 0.15) is 5.75 Å². The number of ether oxygens (including phenoxy) is 2. The summed E-state index contributed by atoms with van der Waals surface area (Å²) in [6.45, 7) is 12.7. The molecule has 0 heterocycles. The Labute approximate surface area is 225 Å². The standard InChI is InChI=1S/C34H34O4/c1-21-17-29(18-22(2)25(21)5)34(6,28-11-9-8-10-12-28)30-19-23(3)31(24(4)20-30)38-33(36)27-15-13-26(14-16-27)32(35)37-7/h8-20H,1-7H3. The van der Waals surface area contributed by atoms with Gasteiger partial charge >= 0.3 is 11.9 Å². The fourth-order valence-corrected chi connectivity index (χ4v) is 5.01. The number of methoxy groups -OCH3 is 1.